The highest BCUT2D eigenvalue weighted by Crippen LogP contribution is 2.38. The highest BCUT2D eigenvalue weighted by Gasteiger charge is 2.31. The number of carbonyl (C=O) groups excluding carboxylic acids is 9. The third-order valence-corrected chi connectivity index (χ3v) is 18.3. The van der Waals surface area contributed by atoms with Crippen molar-refractivity contribution in [3.63, 3.8) is 0 Å². The number of amides is 8. The molecule has 6 atom stereocenters. The molecular weight excluding hydrogens is 1530 g/mol. The quantitative estimate of drug-likeness (QED) is 0.0122. The number of fused-ring (bicyclic) bond motifs is 2. The summed E-state index contributed by atoms with van der Waals surface area (Å²) in [6, 6.07) is 17.3. The summed E-state index contributed by atoms with van der Waals surface area (Å²) in [5, 5.41) is 48.5. The largest absolute Gasteiger partial charge is 0.481 e. The fraction of sp³-hybridized carbons (Fsp3) is 0.562. The van der Waals surface area contributed by atoms with E-state index in [1.54, 1.807) is 11.8 Å². The molecule has 0 radical (unpaired) electrons. The Morgan fingerprint density at radius 3 is 1.71 bits per heavy atom. The molecule has 0 aliphatic carbocycles. The number of hydrogen-bond donors (Lipinski definition) is 12. The first-order valence-corrected chi connectivity index (χ1v) is 38.5. The highest BCUT2D eigenvalue weighted by atomic mass is 127. The molecule has 0 fully saturated rings. The van der Waals surface area contributed by atoms with Gasteiger partial charge in [-0.2, -0.15) is 0 Å². The Morgan fingerprint density at radius 1 is 0.495 bits per heavy atom. The Hall–Kier alpha value is -8.46. The summed E-state index contributed by atoms with van der Waals surface area (Å²) in [4.78, 5) is 163. The maximum atomic E-state index is 13.9. The van der Waals surface area contributed by atoms with Gasteiger partial charge in [0, 0.05) is 91.7 Å². The van der Waals surface area contributed by atoms with Gasteiger partial charge in [-0.25, -0.2) is 19.2 Å². The van der Waals surface area contributed by atoms with Crippen molar-refractivity contribution in [1.82, 2.24) is 42.3 Å². The average Bonchev–Trinajstić information content (AvgIpc) is 0.800. The molecular formula is C73H103IN9O23P. The lowest BCUT2D eigenvalue weighted by molar-refractivity contribution is -0.146. The van der Waals surface area contributed by atoms with Crippen molar-refractivity contribution in [2.75, 3.05) is 91.1 Å². The fourth-order valence-corrected chi connectivity index (χ4v) is 12.1. The number of aryl methyl sites for hydroxylation is 1. The third-order valence-electron chi connectivity index (χ3n) is 16.5. The minimum atomic E-state index is -4.62. The van der Waals surface area contributed by atoms with Gasteiger partial charge in [-0.15, -0.1) is 0 Å². The molecule has 0 spiro atoms. The van der Waals surface area contributed by atoms with Gasteiger partial charge in [-0.3, -0.25) is 52.5 Å². The zero-order valence-electron chi connectivity index (χ0n) is 60.7. The van der Waals surface area contributed by atoms with Gasteiger partial charge in [0.05, 0.1) is 78.8 Å². The predicted molar refractivity (Wildman–Crippen MR) is 399 cm³/mol. The molecule has 1 aliphatic rings. The van der Waals surface area contributed by atoms with E-state index in [9.17, 15) is 77.2 Å². The second-order valence-corrected chi connectivity index (χ2v) is 27.9. The summed E-state index contributed by atoms with van der Waals surface area (Å²) < 4.78 is 45.6. The number of nitrogens with zero attached hydrogens (tertiary/aromatic N) is 1. The van der Waals surface area contributed by atoms with E-state index in [2.05, 4.69) is 71.6 Å². The van der Waals surface area contributed by atoms with E-state index in [-0.39, 0.29) is 161 Å². The first kappa shape index (κ1) is 90.9. The maximum Gasteiger partial charge on any atom is 0.403 e. The molecule has 3 aromatic carbocycles. The van der Waals surface area contributed by atoms with Gasteiger partial charge in [0.15, 0.2) is 0 Å². The van der Waals surface area contributed by atoms with Crippen LogP contribution in [0.25, 0.3) is 0 Å². The van der Waals surface area contributed by atoms with Crippen LogP contribution in [0.2, 0.25) is 0 Å². The van der Waals surface area contributed by atoms with Gasteiger partial charge in [0.25, 0.3) is 0 Å². The number of esters is 1. The summed E-state index contributed by atoms with van der Waals surface area (Å²) in [7, 11) is -3.45. The van der Waals surface area contributed by atoms with Crippen molar-refractivity contribution in [3.05, 3.63) is 98.6 Å². The minimum absolute atomic E-state index is 0.00702. The smallest absolute Gasteiger partial charge is 0.403 e. The molecule has 4 unspecified atom stereocenters. The maximum absolute atomic E-state index is 13.9. The predicted octanol–water partition coefficient (Wildman–Crippen LogP) is 4.46. The molecule has 3 aromatic rings. The monoisotopic (exact) mass is 1630 g/mol. The Kier molecular flexibility index (Phi) is 44.6. The van der Waals surface area contributed by atoms with E-state index in [4.69, 9.17) is 33.3 Å². The number of ether oxygens (including phenoxy) is 5. The molecule has 1 aliphatic heterocycles. The third kappa shape index (κ3) is 40.4. The average molecular weight is 1630 g/mol. The van der Waals surface area contributed by atoms with Crippen LogP contribution >= 0.6 is 30.3 Å². The van der Waals surface area contributed by atoms with Crippen molar-refractivity contribution in [2.45, 2.75) is 179 Å². The van der Waals surface area contributed by atoms with Crippen molar-refractivity contribution in [2.24, 2.45) is 0 Å². The number of methoxy groups -OCH3 is 1. The number of aliphatic carboxylic acids is 3. The summed E-state index contributed by atoms with van der Waals surface area (Å²) in [6.45, 7) is 3.93. The minimum Gasteiger partial charge on any atom is -0.481 e. The molecule has 0 aromatic heterocycles. The lowest BCUT2D eigenvalue weighted by atomic mass is 10.0. The van der Waals surface area contributed by atoms with Crippen molar-refractivity contribution >= 4 is 107 Å². The molecule has 8 amide bonds. The summed E-state index contributed by atoms with van der Waals surface area (Å²) in [6.07, 6.45) is 2.21. The van der Waals surface area contributed by atoms with Gasteiger partial charge < -0.3 is 86.0 Å². The van der Waals surface area contributed by atoms with E-state index in [0.29, 0.717) is 63.7 Å². The normalized spacial score (nSPS) is 13.4. The summed E-state index contributed by atoms with van der Waals surface area (Å²) in [5.74, 6) is -2.04. The fourth-order valence-electron chi connectivity index (χ4n) is 10.7. The van der Waals surface area contributed by atoms with Crippen LogP contribution in [0.5, 0.6) is 0 Å². The Balaban J connectivity index is 1.12. The molecule has 12 N–H and O–H groups in total. The first-order valence-electron chi connectivity index (χ1n) is 35.9. The van der Waals surface area contributed by atoms with E-state index >= 15 is 0 Å². The molecule has 1 heterocycles. The lowest BCUT2D eigenvalue weighted by Crippen LogP contribution is -2.52. The van der Waals surface area contributed by atoms with Crippen LogP contribution in [0.4, 0.5) is 5.69 Å². The molecule has 32 nitrogen and oxygen atoms in total. The van der Waals surface area contributed by atoms with Crippen LogP contribution in [-0.2, 0) is 103 Å². The summed E-state index contributed by atoms with van der Waals surface area (Å²) >= 11 is 2.23. The second kappa shape index (κ2) is 52.5. The molecule has 0 saturated carbocycles. The number of para-hydroxylation sites is 1. The van der Waals surface area contributed by atoms with Crippen molar-refractivity contribution in [3.8, 4) is 11.8 Å². The molecule has 590 valence electrons. The Bertz CT molecular complexity index is 3470. The van der Waals surface area contributed by atoms with E-state index < -0.39 is 104 Å². The zero-order chi connectivity index (χ0) is 78.2. The SMILES string of the molecule is COC(=O)C(CCCCNC(=O)CCCc1ccc(I)cc1)NC(=O)C(CCC(=O)NCCCCCC(=O)N[C@@H](CCC(=O)N[C@H](C)CCCOP(=O)(O)NC(CCC(=O)O)C(=O)O)C(=O)O)NC(=O)CCOCCOCCOCCOCCNC(=O)CCC(=O)N1Cc2ccccc2C#Cc2ccccc21. The molecule has 34 heteroatoms. The number of rotatable bonds is 57. The van der Waals surface area contributed by atoms with Gasteiger partial charge in [0.2, 0.25) is 47.3 Å². The number of carbonyl (C=O) groups is 12. The topological polar surface area (TPSA) is 458 Å². The number of carboxylic acid groups (broad SMARTS) is 3. The van der Waals surface area contributed by atoms with Gasteiger partial charge in [-0.05, 0) is 148 Å². The summed E-state index contributed by atoms with van der Waals surface area (Å²) in [5.41, 5.74) is 4.34. The molecule has 4 rings (SSSR count). The van der Waals surface area contributed by atoms with Gasteiger partial charge >= 0.3 is 31.6 Å². The molecule has 107 heavy (non-hydrogen) atoms. The van der Waals surface area contributed by atoms with Crippen molar-refractivity contribution < 1.29 is 111 Å². The van der Waals surface area contributed by atoms with Gasteiger partial charge in [-0.1, -0.05) is 60.7 Å². The van der Waals surface area contributed by atoms with E-state index in [1.165, 1.54) is 7.11 Å². The zero-order valence-corrected chi connectivity index (χ0v) is 63.7. The van der Waals surface area contributed by atoms with Gasteiger partial charge in [0.1, 0.15) is 24.2 Å². The Labute approximate surface area is 636 Å². The number of benzene rings is 3. The van der Waals surface area contributed by atoms with Crippen LogP contribution in [0.15, 0.2) is 72.8 Å². The first-order chi connectivity index (χ1) is 51.3. The second-order valence-electron chi connectivity index (χ2n) is 25.1. The molecule has 0 saturated heterocycles. The number of unbranched alkanes of at least 4 members (excludes halogenated alkanes) is 3. The standard InChI is InChI=1S/C73H103IN9O23P/c1-51(14-13-41-106-107(99,100)82-59(72(96)97)31-36-69(91)92)78-66(88)33-30-58(71(94)95)80-65(87)21-4-3-10-38-76-63(85)32-29-57(70(93)81-60(73(98)101-2)19-9-11-39-75-62(84)22-12-15-52-23-27-56(74)28-24-52)79-67(89)37-42-102-44-46-104-48-49-105-47-45-103-43-40-77-64(86)34-35-68(90)83-50-55-18-6-5-16-53(55)25-26-54-17-7-8-20-61(54)83/h5-8,16-18,20,23-24,27-28,51,57-60H,3-4,9-15,19,21-22,29-50H2,1-2H3,(H,75,84)(H,76,85)(H,77,86)(H,78,88)(H,79,89)(H,80,87)(H,81,93)(H,91,92)(H,94,95)(H,96,97)(H2,82,99,100)/t51-,57?,58+,59?,60?/m1/s1. The number of anilines is 1. The lowest BCUT2D eigenvalue weighted by Gasteiger charge is -2.26. The number of nitrogens with one attached hydrogen (secondary N) is 8. The molecule has 0 bridgehead atoms. The number of carboxylic acids is 3. The number of hydrogen-bond acceptors (Lipinski definition) is 19. The van der Waals surface area contributed by atoms with Crippen LogP contribution in [-0.4, -0.2) is 208 Å². The highest BCUT2D eigenvalue weighted by molar-refractivity contribution is 14.1. The van der Waals surface area contributed by atoms with Crippen LogP contribution in [0.3, 0.4) is 0 Å². The van der Waals surface area contributed by atoms with Crippen LogP contribution in [0.1, 0.15) is 158 Å². The van der Waals surface area contributed by atoms with Crippen LogP contribution in [0, 0.1) is 15.4 Å². The van der Waals surface area contributed by atoms with Crippen molar-refractivity contribution in [1.29, 1.82) is 0 Å². The van der Waals surface area contributed by atoms with E-state index in [0.717, 1.165) is 32.2 Å². The Morgan fingerprint density at radius 2 is 1.04 bits per heavy atom. The number of halogens is 1. The van der Waals surface area contributed by atoms with Crippen LogP contribution < -0.4 is 47.2 Å². The van der Waals surface area contributed by atoms with E-state index in [1.807, 2.05) is 77.9 Å².